The molecule has 3 N–H and O–H groups in total. The molecule has 1 fully saturated rings. The van der Waals surface area contributed by atoms with Gasteiger partial charge in [0, 0.05) is 25.2 Å². The Morgan fingerprint density at radius 2 is 2.28 bits per heavy atom. The van der Waals surface area contributed by atoms with Gasteiger partial charge in [-0.15, -0.1) is 0 Å². The quantitative estimate of drug-likeness (QED) is 0.790. The Kier molecular flexibility index (Phi) is 3.23. The Balaban J connectivity index is 2.27. The molecular formula is C13H16N2O3. The predicted molar refractivity (Wildman–Crippen MR) is 67.0 cm³/mol. The van der Waals surface area contributed by atoms with Gasteiger partial charge in [-0.3, -0.25) is 4.79 Å². The van der Waals surface area contributed by atoms with Crippen molar-refractivity contribution in [3.05, 3.63) is 29.3 Å². The normalized spacial score (nSPS) is 19.3. The van der Waals surface area contributed by atoms with Crippen LogP contribution < -0.4 is 5.73 Å². The number of carbonyl (C=O) groups excluding carboxylic acids is 1. The summed E-state index contributed by atoms with van der Waals surface area (Å²) in [5.74, 6) is -0.657. The molecule has 1 aliphatic heterocycles. The second-order valence-electron chi connectivity index (χ2n) is 4.77. The zero-order valence-electron chi connectivity index (χ0n) is 10.2. The van der Waals surface area contributed by atoms with Crippen LogP contribution in [0.5, 0.6) is 0 Å². The summed E-state index contributed by atoms with van der Waals surface area (Å²) in [5.41, 5.74) is 6.60. The molecule has 1 saturated heterocycles. The fourth-order valence-electron chi connectivity index (χ4n) is 2.34. The SMILES string of the molecule is CC1CC(=O)N(Cc2cccc(N)c2C(=O)O)C1. The van der Waals surface area contributed by atoms with Gasteiger partial charge in [-0.1, -0.05) is 19.1 Å². The standard InChI is InChI=1S/C13H16N2O3/c1-8-5-11(16)15(6-8)7-9-3-2-4-10(14)12(9)13(17)18/h2-4,8H,5-7,14H2,1H3,(H,17,18). The van der Waals surface area contributed by atoms with Crippen LogP contribution in [0, 0.1) is 5.92 Å². The number of rotatable bonds is 3. The van der Waals surface area contributed by atoms with Crippen LogP contribution in [0.25, 0.3) is 0 Å². The average molecular weight is 248 g/mol. The summed E-state index contributed by atoms with van der Waals surface area (Å²) in [7, 11) is 0. The van der Waals surface area contributed by atoms with Crippen LogP contribution in [0.15, 0.2) is 18.2 Å². The Labute approximate surface area is 105 Å². The van der Waals surface area contributed by atoms with Gasteiger partial charge in [0.05, 0.1) is 5.56 Å². The second kappa shape index (κ2) is 4.68. The highest BCUT2D eigenvalue weighted by Crippen LogP contribution is 2.23. The second-order valence-corrected chi connectivity index (χ2v) is 4.77. The molecule has 96 valence electrons. The van der Waals surface area contributed by atoms with Crippen molar-refractivity contribution in [2.24, 2.45) is 5.92 Å². The van der Waals surface area contributed by atoms with Gasteiger partial charge < -0.3 is 15.7 Å². The first kappa shape index (κ1) is 12.4. The highest BCUT2D eigenvalue weighted by molar-refractivity contribution is 5.95. The number of carbonyl (C=O) groups is 2. The van der Waals surface area contributed by atoms with Crippen molar-refractivity contribution in [1.82, 2.24) is 4.90 Å². The first-order chi connectivity index (χ1) is 8.49. The maximum atomic E-state index is 11.7. The number of carboxylic acid groups (broad SMARTS) is 1. The molecule has 0 spiro atoms. The van der Waals surface area contributed by atoms with Crippen LogP contribution in [-0.4, -0.2) is 28.4 Å². The van der Waals surface area contributed by atoms with E-state index in [2.05, 4.69) is 0 Å². The molecule has 5 nitrogen and oxygen atoms in total. The first-order valence-corrected chi connectivity index (χ1v) is 5.87. The number of nitrogens with zero attached hydrogens (tertiary/aromatic N) is 1. The van der Waals surface area contributed by atoms with Crippen molar-refractivity contribution < 1.29 is 14.7 Å². The first-order valence-electron chi connectivity index (χ1n) is 5.87. The third-order valence-corrected chi connectivity index (χ3v) is 3.17. The number of anilines is 1. The molecule has 1 unspecified atom stereocenters. The molecule has 1 atom stereocenters. The fourth-order valence-corrected chi connectivity index (χ4v) is 2.34. The smallest absolute Gasteiger partial charge is 0.338 e. The Morgan fingerprint density at radius 3 is 2.83 bits per heavy atom. The summed E-state index contributed by atoms with van der Waals surface area (Å²) in [6, 6.07) is 4.97. The van der Waals surface area contributed by atoms with E-state index in [9.17, 15) is 9.59 Å². The molecule has 0 aliphatic carbocycles. The molecule has 0 bridgehead atoms. The molecule has 1 aromatic carbocycles. The lowest BCUT2D eigenvalue weighted by atomic mass is 10.1. The number of nitrogen functional groups attached to an aromatic ring is 1. The molecule has 1 amide bonds. The van der Waals surface area contributed by atoms with Crippen molar-refractivity contribution in [1.29, 1.82) is 0 Å². The number of hydrogen-bond acceptors (Lipinski definition) is 3. The monoisotopic (exact) mass is 248 g/mol. The van der Waals surface area contributed by atoms with Crippen LogP contribution in [0.2, 0.25) is 0 Å². The molecule has 1 aliphatic rings. The highest BCUT2D eigenvalue weighted by atomic mass is 16.4. The number of hydrogen-bond donors (Lipinski definition) is 2. The van der Waals surface area contributed by atoms with Crippen molar-refractivity contribution in [3.8, 4) is 0 Å². The van der Waals surface area contributed by atoms with Gasteiger partial charge in [-0.2, -0.15) is 0 Å². The third-order valence-electron chi connectivity index (χ3n) is 3.17. The predicted octanol–water partition coefficient (Wildman–Crippen LogP) is 1.34. The lowest BCUT2D eigenvalue weighted by Crippen LogP contribution is -2.25. The van der Waals surface area contributed by atoms with E-state index in [1.165, 1.54) is 0 Å². The third kappa shape index (κ3) is 2.30. The highest BCUT2D eigenvalue weighted by Gasteiger charge is 2.27. The number of likely N-dealkylation sites (tertiary alicyclic amines) is 1. The van der Waals surface area contributed by atoms with Gasteiger partial charge >= 0.3 is 5.97 Å². The number of nitrogens with two attached hydrogens (primary N) is 1. The minimum Gasteiger partial charge on any atom is -0.478 e. The lowest BCUT2D eigenvalue weighted by molar-refractivity contribution is -0.128. The summed E-state index contributed by atoms with van der Waals surface area (Å²) in [6.45, 7) is 3.00. The number of amides is 1. The largest absolute Gasteiger partial charge is 0.478 e. The van der Waals surface area contributed by atoms with E-state index in [0.29, 0.717) is 31.0 Å². The van der Waals surface area contributed by atoms with E-state index in [4.69, 9.17) is 10.8 Å². The van der Waals surface area contributed by atoms with E-state index in [1.54, 1.807) is 23.1 Å². The van der Waals surface area contributed by atoms with Crippen molar-refractivity contribution >= 4 is 17.6 Å². The van der Waals surface area contributed by atoms with E-state index in [0.717, 1.165) is 0 Å². The molecule has 1 heterocycles. The molecule has 0 aromatic heterocycles. The number of carboxylic acids is 1. The lowest BCUT2D eigenvalue weighted by Gasteiger charge is -2.18. The Bertz CT molecular complexity index is 499. The molecule has 1 aromatic rings. The van der Waals surface area contributed by atoms with Crippen molar-refractivity contribution in [3.63, 3.8) is 0 Å². The van der Waals surface area contributed by atoms with Crippen LogP contribution >= 0.6 is 0 Å². The fraction of sp³-hybridized carbons (Fsp3) is 0.385. The average Bonchev–Trinajstić information content (AvgIpc) is 2.57. The molecule has 0 radical (unpaired) electrons. The molecule has 2 rings (SSSR count). The van der Waals surface area contributed by atoms with Gasteiger partial charge in [0.25, 0.3) is 0 Å². The van der Waals surface area contributed by atoms with Crippen LogP contribution in [0.3, 0.4) is 0 Å². The number of aromatic carboxylic acids is 1. The van der Waals surface area contributed by atoms with Crippen molar-refractivity contribution in [2.45, 2.75) is 19.9 Å². The maximum absolute atomic E-state index is 11.7. The maximum Gasteiger partial charge on any atom is 0.338 e. The van der Waals surface area contributed by atoms with E-state index in [1.807, 2.05) is 6.92 Å². The number of benzene rings is 1. The minimum absolute atomic E-state index is 0.0706. The summed E-state index contributed by atoms with van der Waals surface area (Å²) < 4.78 is 0. The van der Waals surface area contributed by atoms with Crippen LogP contribution in [-0.2, 0) is 11.3 Å². The zero-order chi connectivity index (χ0) is 13.3. The minimum atomic E-state index is -1.05. The van der Waals surface area contributed by atoms with E-state index >= 15 is 0 Å². The molecule has 5 heteroatoms. The summed E-state index contributed by atoms with van der Waals surface area (Å²) in [6.07, 6.45) is 0.532. The molecular weight excluding hydrogens is 232 g/mol. The summed E-state index contributed by atoms with van der Waals surface area (Å²) >= 11 is 0. The van der Waals surface area contributed by atoms with E-state index < -0.39 is 5.97 Å². The van der Waals surface area contributed by atoms with Crippen molar-refractivity contribution in [2.75, 3.05) is 12.3 Å². The topological polar surface area (TPSA) is 83.6 Å². The summed E-state index contributed by atoms with van der Waals surface area (Å²) in [4.78, 5) is 24.6. The summed E-state index contributed by atoms with van der Waals surface area (Å²) in [5, 5.41) is 9.15. The van der Waals surface area contributed by atoms with E-state index in [-0.39, 0.29) is 17.2 Å². The molecule has 18 heavy (non-hydrogen) atoms. The van der Waals surface area contributed by atoms with Gasteiger partial charge in [-0.25, -0.2) is 4.79 Å². The van der Waals surface area contributed by atoms with Gasteiger partial charge in [-0.05, 0) is 17.5 Å². The van der Waals surface area contributed by atoms with Gasteiger partial charge in [0.1, 0.15) is 0 Å². The zero-order valence-corrected chi connectivity index (χ0v) is 10.2. The van der Waals surface area contributed by atoms with Gasteiger partial charge in [0.15, 0.2) is 0 Å². The van der Waals surface area contributed by atoms with Gasteiger partial charge in [0.2, 0.25) is 5.91 Å². The Morgan fingerprint density at radius 1 is 1.56 bits per heavy atom. The van der Waals surface area contributed by atoms with Crippen LogP contribution in [0.1, 0.15) is 29.3 Å². The molecule has 0 saturated carbocycles. The Hall–Kier alpha value is -2.04. The van der Waals surface area contributed by atoms with Crippen LogP contribution in [0.4, 0.5) is 5.69 Å².